The second-order valence-corrected chi connectivity index (χ2v) is 5.62. The lowest BCUT2D eigenvalue weighted by molar-refractivity contribution is 0.0938. The van der Waals surface area contributed by atoms with Crippen LogP contribution in [0.3, 0.4) is 0 Å². The fourth-order valence-corrected chi connectivity index (χ4v) is 2.56. The number of aromatic nitrogens is 1. The molecule has 1 aromatic heterocycles. The van der Waals surface area contributed by atoms with Crippen molar-refractivity contribution in [2.24, 2.45) is 5.41 Å². The minimum Gasteiger partial charge on any atom is -0.350 e. The fourth-order valence-electron chi connectivity index (χ4n) is 2.13. The summed E-state index contributed by atoms with van der Waals surface area (Å²) in [6.45, 7) is 2.97. The summed E-state index contributed by atoms with van der Waals surface area (Å²) in [4.78, 5) is 16.0. The average Bonchev–Trinajstić information content (AvgIpc) is 3.08. The van der Waals surface area contributed by atoms with Gasteiger partial charge in [0.25, 0.3) is 5.91 Å². The number of hydrogen-bond acceptors (Lipinski definition) is 2. The summed E-state index contributed by atoms with van der Waals surface area (Å²) >= 11 is 3.34. The summed E-state index contributed by atoms with van der Waals surface area (Å²) in [5.74, 6) is -0.0835. The summed E-state index contributed by atoms with van der Waals surface area (Å²) < 4.78 is 0.748. The van der Waals surface area contributed by atoms with Crippen molar-refractivity contribution in [3.05, 3.63) is 28.5 Å². The van der Waals surface area contributed by atoms with Crippen molar-refractivity contribution < 1.29 is 4.79 Å². The Kier molecular flexibility index (Phi) is 3.82. The highest BCUT2D eigenvalue weighted by Gasteiger charge is 2.41. The average molecular weight is 297 g/mol. The van der Waals surface area contributed by atoms with E-state index in [4.69, 9.17) is 0 Å². The molecule has 1 N–H and O–H groups in total. The number of carbonyl (C=O) groups is 1. The highest BCUT2D eigenvalue weighted by molar-refractivity contribution is 9.10. The zero-order valence-electron chi connectivity index (χ0n) is 10.0. The first-order chi connectivity index (χ1) is 8.17. The number of hydrogen-bond donors (Lipinski definition) is 1. The van der Waals surface area contributed by atoms with Crippen LogP contribution >= 0.6 is 15.9 Å². The Morgan fingerprint density at radius 1 is 1.59 bits per heavy atom. The quantitative estimate of drug-likeness (QED) is 0.907. The SMILES string of the molecule is CCCC1(CNC(=O)c2ncccc2Br)CC1. The maximum Gasteiger partial charge on any atom is 0.271 e. The molecule has 1 saturated carbocycles. The van der Waals surface area contributed by atoms with Gasteiger partial charge in [0.2, 0.25) is 0 Å². The second-order valence-electron chi connectivity index (χ2n) is 4.77. The summed E-state index contributed by atoms with van der Waals surface area (Å²) in [7, 11) is 0. The Morgan fingerprint density at radius 3 is 2.94 bits per heavy atom. The first-order valence-electron chi connectivity index (χ1n) is 6.06. The molecule has 1 heterocycles. The lowest BCUT2D eigenvalue weighted by atomic mass is 10.0. The van der Waals surface area contributed by atoms with Crippen molar-refractivity contribution >= 4 is 21.8 Å². The molecule has 1 aromatic rings. The Labute approximate surface area is 110 Å². The van der Waals surface area contributed by atoms with Crippen molar-refractivity contribution in [1.29, 1.82) is 0 Å². The largest absolute Gasteiger partial charge is 0.350 e. The molecule has 1 aliphatic carbocycles. The summed E-state index contributed by atoms with van der Waals surface area (Å²) in [6, 6.07) is 3.64. The van der Waals surface area contributed by atoms with Crippen LogP contribution in [0.25, 0.3) is 0 Å². The molecular formula is C13H17BrN2O. The fraction of sp³-hybridized carbons (Fsp3) is 0.538. The third kappa shape index (κ3) is 3.06. The molecule has 0 atom stereocenters. The highest BCUT2D eigenvalue weighted by Crippen LogP contribution is 2.48. The van der Waals surface area contributed by atoms with Crippen molar-refractivity contribution in [3.63, 3.8) is 0 Å². The van der Waals surface area contributed by atoms with E-state index in [-0.39, 0.29) is 5.91 Å². The van der Waals surface area contributed by atoms with Crippen LogP contribution in [0.1, 0.15) is 43.1 Å². The number of amides is 1. The maximum atomic E-state index is 11.9. The van der Waals surface area contributed by atoms with Crippen LogP contribution in [-0.2, 0) is 0 Å². The van der Waals surface area contributed by atoms with Crippen LogP contribution in [0.4, 0.5) is 0 Å². The van der Waals surface area contributed by atoms with Crippen LogP contribution in [0.5, 0.6) is 0 Å². The van der Waals surface area contributed by atoms with Crippen molar-refractivity contribution in [1.82, 2.24) is 10.3 Å². The summed E-state index contributed by atoms with van der Waals surface area (Å²) in [5.41, 5.74) is 0.853. The first kappa shape index (κ1) is 12.6. The van der Waals surface area contributed by atoms with E-state index in [1.54, 1.807) is 12.3 Å². The van der Waals surface area contributed by atoms with E-state index in [9.17, 15) is 4.79 Å². The van der Waals surface area contributed by atoms with E-state index in [0.29, 0.717) is 11.1 Å². The molecule has 0 bridgehead atoms. The van der Waals surface area contributed by atoms with Gasteiger partial charge >= 0.3 is 0 Å². The summed E-state index contributed by atoms with van der Waals surface area (Å²) in [5, 5.41) is 3.00. The first-order valence-corrected chi connectivity index (χ1v) is 6.85. The van der Waals surface area contributed by atoms with Gasteiger partial charge in [-0.05, 0) is 52.7 Å². The number of pyridine rings is 1. The molecule has 0 aromatic carbocycles. The van der Waals surface area contributed by atoms with Gasteiger partial charge in [0.05, 0.1) is 0 Å². The molecule has 0 saturated heterocycles. The zero-order chi connectivity index (χ0) is 12.3. The molecule has 0 radical (unpaired) electrons. The number of rotatable bonds is 5. The van der Waals surface area contributed by atoms with Crippen LogP contribution < -0.4 is 5.32 Å². The normalized spacial score (nSPS) is 16.6. The van der Waals surface area contributed by atoms with Crippen molar-refractivity contribution in [2.75, 3.05) is 6.54 Å². The monoisotopic (exact) mass is 296 g/mol. The third-order valence-electron chi connectivity index (χ3n) is 3.33. The van der Waals surface area contributed by atoms with Gasteiger partial charge in [-0.2, -0.15) is 0 Å². The number of halogens is 1. The minimum absolute atomic E-state index is 0.0835. The highest BCUT2D eigenvalue weighted by atomic mass is 79.9. The van der Waals surface area contributed by atoms with E-state index in [2.05, 4.69) is 33.2 Å². The number of carbonyl (C=O) groups excluding carboxylic acids is 1. The molecule has 2 rings (SSSR count). The Bertz CT molecular complexity index is 416. The van der Waals surface area contributed by atoms with Crippen LogP contribution in [0, 0.1) is 5.41 Å². The van der Waals surface area contributed by atoms with Gasteiger partial charge in [-0.3, -0.25) is 4.79 Å². The van der Waals surface area contributed by atoms with Gasteiger partial charge in [0, 0.05) is 17.2 Å². The van der Waals surface area contributed by atoms with E-state index in [1.165, 1.54) is 25.7 Å². The van der Waals surface area contributed by atoms with Gasteiger partial charge < -0.3 is 5.32 Å². The van der Waals surface area contributed by atoms with Crippen molar-refractivity contribution in [2.45, 2.75) is 32.6 Å². The van der Waals surface area contributed by atoms with Gasteiger partial charge in [0.1, 0.15) is 5.69 Å². The molecule has 1 aliphatic rings. The van der Waals surface area contributed by atoms with E-state index < -0.39 is 0 Å². The van der Waals surface area contributed by atoms with Gasteiger partial charge in [-0.1, -0.05) is 13.3 Å². The molecule has 0 unspecified atom stereocenters. The zero-order valence-corrected chi connectivity index (χ0v) is 11.6. The van der Waals surface area contributed by atoms with E-state index in [1.807, 2.05) is 6.07 Å². The molecule has 1 amide bonds. The predicted molar refractivity (Wildman–Crippen MR) is 70.8 cm³/mol. The second kappa shape index (κ2) is 5.17. The molecule has 1 fully saturated rings. The topological polar surface area (TPSA) is 42.0 Å². The third-order valence-corrected chi connectivity index (χ3v) is 3.97. The van der Waals surface area contributed by atoms with Gasteiger partial charge in [-0.15, -0.1) is 0 Å². The number of nitrogens with one attached hydrogen (secondary N) is 1. The molecular weight excluding hydrogens is 280 g/mol. The van der Waals surface area contributed by atoms with Crippen LogP contribution in [0.2, 0.25) is 0 Å². The predicted octanol–water partition coefficient (Wildman–Crippen LogP) is 3.15. The Morgan fingerprint density at radius 2 is 2.35 bits per heavy atom. The molecule has 3 nitrogen and oxygen atoms in total. The summed E-state index contributed by atoms with van der Waals surface area (Å²) in [6.07, 6.45) is 6.51. The van der Waals surface area contributed by atoms with Gasteiger partial charge in [-0.25, -0.2) is 4.98 Å². The smallest absolute Gasteiger partial charge is 0.271 e. The molecule has 4 heteroatoms. The minimum atomic E-state index is -0.0835. The Hall–Kier alpha value is -0.900. The van der Waals surface area contributed by atoms with E-state index in [0.717, 1.165) is 11.0 Å². The lowest BCUT2D eigenvalue weighted by Crippen LogP contribution is -2.31. The van der Waals surface area contributed by atoms with Crippen LogP contribution in [0.15, 0.2) is 22.8 Å². The van der Waals surface area contributed by atoms with E-state index >= 15 is 0 Å². The molecule has 92 valence electrons. The van der Waals surface area contributed by atoms with Crippen LogP contribution in [-0.4, -0.2) is 17.4 Å². The molecule has 17 heavy (non-hydrogen) atoms. The number of nitrogens with zero attached hydrogens (tertiary/aromatic N) is 1. The maximum absolute atomic E-state index is 11.9. The van der Waals surface area contributed by atoms with Gasteiger partial charge in [0.15, 0.2) is 0 Å². The van der Waals surface area contributed by atoms with Crippen molar-refractivity contribution in [3.8, 4) is 0 Å². The lowest BCUT2D eigenvalue weighted by Gasteiger charge is -2.14. The molecule has 0 aliphatic heterocycles. The Balaban J connectivity index is 1.92. The standard InChI is InChI=1S/C13H17BrN2O/c1-2-5-13(6-7-13)9-16-12(17)11-10(14)4-3-8-15-11/h3-4,8H,2,5-7,9H2,1H3,(H,16,17). The molecule has 0 spiro atoms.